The lowest BCUT2D eigenvalue weighted by atomic mass is 10.1. The van der Waals surface area contributed by atoms with Gasteiger partial charge in [-0.25, -0.2) is 4.39 Å². The monoisotopic (exact) mass is 315 g/mol. The lowest BCUT2D eigenvalue weighted by molar-refractivity contribution is 0.0586. The zero-order chi connectivity index (χ0) is 13.1. The first-order valence-corrected chi connectivity index (χ1v) is 6.69. The van der Waals surface area contributed by atoms with E-state index in [1.807, 2.05) is 0 Å². The molecule has 98 valence electrons. The van der Waals surface area contributed by atoms with Crippen LogP contribution in [0.1, 0.15) is 23.2 Å². The number of ether oxygens (including phenoxy) is 1. The smallest absolute Gasteiger partial charge is 0.254 e. The highest BCUT2D eigenvalue weighted by Crippen LogP contribution is 2.20. The minimum atomic E-state index is -0.410. The first-order chi connectivity index (χ1) is 8.58. The second kappa shape index (κ2) is 5.80. The van der Waals surface area contributed by atoms with E-state index in [1.54, 1.807) is 18.0 Å². The van der Waals surface area contributed by atoms with Gasteiger partial charge in [0.25, 0.3) is 5.91 Å². The number of hydrogen-bond acceptors (Lipinski definition) is 2. The van der Waals surface area contributed by atoms with Crippen LogP contribution >= 0.6 is 15.9 Å². The van der Waals surface area contributed by atoms with E-state index in [2.05, 4.69) is 15.9 Å². The molecule has 1 amide bonds. The third-order valence-electron chi connectivity index (χ3n) is 3.01. The van der Waals surface area contributed by atoms with Crippen LogP contribution in [0.2, 0.25) is 0 Å². The molecule has 18 heavy (non-hydrogen) atoms. The molecule has 1 fully saturated rings. The van der Waals surface area contributed by atoms with E-state index >= 15 is 0 Å². The largest absolute Gasteiger partial charge is 0.376 e. The Morgan fingerprint density at radius 3 is 3.06 bits per heavy atom. The van der Waals surface area contributed by atoms with Crippen molar-refractivity contribution in [1.29, 1.82) is 0 Å². The highest BCUT2D eigenvalue weighted by atomic mass is 79.9. The Balaban J connectivity index is 2.07. The molecule has 0 aromatic heterocycles. The molecule has 2 rings (SSSR count). The van der Waals surface area contributed by atoms with Gasteiger partial charge in [0.05, 0.1) is 11.7 Å². The number of rotatable bonds is 3. The molecule has 1 saturated heterocycles. The second-order valence-corrected chi connectivity index (χ2v) is 5.30. The summed E-state index contributed by atoms with van der Waals surface area (Å²) in [6.07, 6.45) is 2.12. The number of halogens is 2. The second-order valence-electron chi connectivity index (χ2n) is 4.44. The topological polar surface area (TPSA) is 29.5 Å². The van der Waals surface area contributed by atoms with Gasteiger partial charge in [0, 0.05) is 24.7 Å². The number of benzene rings is 1. The number of likely N-dealkylation sites (N-methyl/N-ethyl adjacent to an activating group) is 1. The molecule has 5 heteroatoms. The van der Waals surface area contributed by atoms with E-state index in [9.17, 15) is 9.18 Å². The summed E-state index contributed by atoms with van der Waals surface area (Å²) in [5.41, 5.74) is 0.343. The van der Waals surface area contributed by atoms with Crippen molar-refractivity contribution in [3.63, 3.8) is 0 Å². The van der Waals surface area contributed by atoms with E-state index in [4.69, 9.17) is 4.74 Å². The third-order valence-corrected chi connectivity index (χ3v) is 3.70. The van der Waals surface area contributed by atoms with Crippen LogP contribution in [0.5, 0.6) is 0 Å². The molecule has 0 radical (unpaired) electrons. The molecule has 1 aromatic carbocycles. The minimum Gasteiger partial charge on any atom is -0.376 e. The van der Waals surface area contributed by atoms with Gasteiger partial charge in [0.15, 0.2) is 0 Å². The molecule has 0 bridgehead atoms. The zero-order valence-electron chi connectivity index (χ0n) is 10.2. The predicted octanol–water partition coefficient (Wildman–Crippen LogP) is 2.84. The van der Waals surface area contributed by atoms with Crippen LogP contribution in [0.4, 0.5) is 4.39 Å². The molecule has 0 spiro atoms. The fourth-order valence-corrected chi connectivity index (χ4v) is 2.46. The summed E-state index contributed by atoms with van der Waals surface area (Å²) >= 11 is 3.27. The lowest BCUT2D eigenvalue weighted by Crippen LogP contribution is -2.34. The van der Waals surface area contributed by atoms with Crippen molar-refractivity contribution in [2.24, 2.45) is 0 Å². The lowest BCUT2D eigenvalue weighted by Gasteiger charge is -2.21. The molecule has 3 nitrogen and oxygen atoms in total. The van der Waals surface area contributed by atoms with E-state index < -0.39 is 5.82 Å². The first-order valence-electron chi connectivity index (χ1n) is 5.90. The highest BCUT2D eigenvalue weighted by Gasteiger charge is 2.22. The maximum Gasteiger partial charge on any atom is 0.254 e. The number of nitrogens with zero attached hydrogens (tertiary/aromatic N) is 1. The maximum absolute atomic E-state index is 13.2. The van der Waals surface area contributed by atoms with Crippen LogP contribution in [0, 0.1) is 5.82 Å². The van der Waals surface area contributed by atoms with Crippen LogP contribution in [-0.2, 0) is 4.74 Å². The summed E-state index contributed by atoms with van der Waals surface area (Å²) in [6, 6.07) is 4.11. The summed E-state index contributed by atoms with van der Waals surface area (Å²) < 4.78 is 19.2. The Morgan fingerprint density at radius 1 is 1.61 bits per heavy atom. The molecular weight excluding hydrogens is 301 g/mol. The van der Waals surface area contributed by atoms with Gasteiger partial charge < -0.3 is 9.64 Å². The Morgan fingerprint density at radius 2 is 2.39 bits per heavy atom. The molecule has 1 heterocycles. The Kier molecular flexibility index (Phi) is 4.35. The van der Waals surface area contributed by atoms with Crippen molar-refractivity contribution in [1.82, 2.24) is 4.90 Å². The molecule has 1 aromatic rings. The number of hydrogen-bond donors (Lipinski definition) is 0. The average molecular weight is 316 g/mol. The van der Waals surface area contributed by atoms with Crippen molar-refractivity contribution < 1.29 is 13.9 Å². The maximum atomic E-state index is 13.2. The minimum absolute atomic E-state index is 0.103. The normalized spacial score (nSPS) is 18.9. The Labute approximate surface area is 114 Å². The van der Waals surface area contributed by atoms with Gasteiger partial charge >= 0.3 is 0 Å². The predicted molar refractivity (Wildman–Crippen MR) is 70.0 cm³/mol. The first kappa shape index (κ1) is 13.5. The van der Waals surface area contributed by atoms with E-state index in [-0.39, 0.29) is 12.0 Å². The van der Waals surface area contributed by atoms with Crippen LogP contribution in [0.15, 0.2) is 22.7 Å². The third kappa shape index (κ3) is 3.09. The highest BCUT2D eigenvalue weighted by molar-refractivity contribution is 9.10. The van der Waals surface area contributed by atoms with Crippen molar-refractivity contribution >= 4 is 21.8 Å². The average Bonchev–Trinajstić information content (AvgIpc) is 2.84. The quantitative estimate of drug-likeness (QED) is 0.858. The molecular formula is C13H15BrFNO2. The molecule has 1 unspecified atom stereocenters. The molecule has 0 saturated carbocycles. The Bertz CT molecular complexity index is 447. The van der Waals surface area contributed by atoms with Crippen molar-refractivity contribution in [2.75, 3.05) is 20.2 Å². The zero-order valence-corrected chi connectivity index (χ0v) is 11.7. The van der Waals surface area contributed by atoms with Gasteiger partial charge in [0.1, 0.15) is 5.82 Å². The Hall–Kier alpha value is -0.940. The van der Waals surface area contributed by atoms with Gasteiger partial charge in [-0.1, -0.05) is 0 Å². The van der Waals surface area contributed by atoms with E-state index in [0.717, 1.165) is 19.4 Å². The van der Waals surface area contributed by atoms with Crippen molar-refractivity contribution in [3.8, 4) is 0 Å². The van der Waals surface area contributed by atoms with Gasteiger partial charge in [-0.15, -0.1) is 0 Å². The summed E-state index contributed by atoms with van der Waals surface area (Å²) in [6.45, 7) is 1.30. The SMILES string of the molecule is CN(CC1CCCO1)C(=O)c1cc(F)ccc1Br. The van der Waals surface area contributed by atoms with Crippen molar-refractivity contribution in [3.05, 3.63) is 34.1 Å². The molecule has 0 N–H and O–H groups in total. The van der Waals surface area contributed by atoms with Crippen LogP contribution in [0.3, 0.4) is 0 Å². The van der Waals surface area contributed by atoms with Crippen LogP contribution in [-0.4, -0.2) is 37.1 Å². The van der Waals surface area contributed by atoms with Crippen LogP contribution in [0.25, 0.3) is 0 Å². The van der Waals surface area contributed by atoms with Crippen molar-refractivity contribution in [2.45, 2.75) is 18.9 Å². The van der Waals surface area contributed by atoms with Gasteiger partial charge in [0.2, 0.25) is 0 Å². The fraction of sp³-hybridized carbons (Fsp3) is 0.462. The molecule has 1 aliphatic heterocycles. The van der Waals surface area contributed by atoms with Gasteiger partial charge in [-0.05, 0) is 47.0 Å². The molecule has 1 atom stereocenters. The summed E-state index contributed by atoms with van der Waals surface area (Å²) in [7, 11) is 1.71. The molecule has 1 aliphatic rings. The van der Waals surface area contributed by atoms with Gasteiger partial charge in [-0.2, -0.15) is 0 Å². The van der Waals surface area contributed by atoms with E-state index in [0.29, 0.717) is 16.6 Å². The number of carbonyl (C=O) groups is 1. The number of amides is 1. The van der Waals surface area contributed by atoms with E-state index in [1.165, 1.54) is 12.1 Å². The summed E-state index contributed by atoms with van der Waals surface area (Å²) in [5, 5.41) is 0. The fourth-order valence-electron chi connectivity index (χ4n) is 2.04. The standard InChI is InChI=1S/C13H15BrFNO2/c1-16(8-10-3-2-6-18-10)13(17)11-7-9(15)4-5-12(11)14/h4-5,7,10H,2-3,6,8H2,1H3. The number of carbonyl (C=O) groups excluding carboxylic acids is 1. The summed E-state index contributed by atoms with van der Waals surface area (Å²) in [5.74, 6) is -0.607. The summed E-state index contributed by atoms with van der Waals surface area (Å²) in [4.78, 5) is 13.8. The van der Waals surface area contributed by atoms with Crippen LogP contribution < -0.4 is 0 Å². The molecule has 0 aliphatic carbocycles. The van der Waals surface area contributed by atoms with Gasteiger partial charge in [-0.3, -0.25) is 4.79 Å².